The SMILES string of the molecule is CN1c2ccc(Br)cc2CCC(NC(=O)OCC(C)(C)C)C1O. The molecule has 1 aliphatic heterocycles. The molecule has 2 unspecified atom stereocenters. The number of rotatable bonds is 2. The molecule has 128 valence electrons. The summed E-state index contributed by atoms with van der Waals surface area (Å²) in [5.41, 5.74) is 2.04. The molecular formula is C17H25BrN2O3. The minimum Gasteiger partial charge on any atom is -0.449 e. The Morgan fingerprint density at radius 3 is 2.83 bits per heavy atom. The summed E-state index contributed by atoms with van der Waals surface area (Å²) in [5, 5.41) is 13.4. The maximum Gasteiger partial charge on any atom is 0.407 e. The highest BCUT2D eigenvalue weighted by Crippen LogP contribution is 2.30. The van der Waals surface area contributed by atoms with Gasteiger partial charge in [-0.15, -0.1) is 0 Å². The van der Waals surface area contributed by atoms with Gasteiger partial charge in [0.25, 0.3) is 0 Å². The van der Waals surface area contributed by atoms with Gasteiger partial charge >= 0.3 is 6.09 Å². The third-order valence-corrected chi connectivity index (χ3v) is 4.34. The molecule has 0 saturated heterocycles. The first-order valence-electron chi connectivity index (χ1n) is 7.80. The lowest BCUT2D eigenvalue weighted by molar-refractivity contribution is 0.0843. The van der Waals surface area contributed by atoms with Crippen LogP contribution in [0.2, 0.25) is 0 Å². The molecule has 1 amide bonds. The molecule has 2 rings (SSSR count). The molecule has 1 aliphatic rings. The second-order valence-electron chi connectivity index (χ2n) is 7.22. The summed E-state index contributed by atoms with van der Waals surface area (Å²) in [5.74, 6) is 0. The second-order valence-corrected chi connectivity index (χ2v) is 8.14. The van der Waals surface area contributed by atoms with Gasteiger partial charge in [0.15, 0.2) is 0 Å². The Kier molecular flexibility index (Phi) is 5.57. The smallest absolute Gasteiger partial charge is 0.407 e. The summed E-state index contributed by atoms with van der Waals surface area (Å²) in [6.07, 6.45) is 0.157. The molecule has 0 fully saturated rings. The highest BCUT2D eigenvalue weighted by molar-refractivity contribution is 9.10. The van der Waals surface area contributed by atoms with Gasteiger partial charge in [0.2, 0.25) is 0 Å². The number of amides is 1. The van der Waals surface area contributed by atoms with Crippen LogP contribution in [0.1, 0.15) is 32.8 Å². The Morgan fingerprint density at radius 2 is 2.17 bits per heavy atom. The van der Waals surface area contributed by atoms with Gasteiger partial charge < -0.3 is 20.1 Å². The molecule has 2 atom stereocenters. The summed E-state index contributed by atoms with van der Waals surface area (Å²) < 4.78 is 6.25. The molecule has 5 nitrogen and oxygen atoms in total. The highest BCUT2D eigenvalue weighted by Gasteiger charge is 2.30. The molecule has 0 radical (unpaired) electrons. The number of ether oxygens (including phenoxy) is 1. The van der Waals surface area contributed by atoms with Gasteiger partial charge in [-0.1, -0.05) is 36.7 Å². The number of carbonyl (C=O) groups excluding carboxylic acids is 1. The minimum absolute atomic E-state index is 0.0846. The van der Waals surface area contributed by atoms with Crippen LogP contribution in [-0.4, -0.2) is 37.1 Å². The standard InChI is InChI=1S/C17H25BrN2O3/c1-17(2,3)10-23-16(22)19-13-7-5-11-9-12(18)6-8-14(11)20(4)15(13)21/h6,8-9,13,15,21H,5,7,10H2,1-4H3,(H,19,22). The predicted molar refractivity (Wildman–Crippen MR) is 94.6 cm³/mol. The molecule has 0 aliphatic carbocycles. The number of aryl methyl sites for hydroxylation is 1. The molecule has 6 heteroatoms. The van der Waals surface area contributed by atoms with Crippen LogP contribution in [0.4, 0.5) is 10.5 Å². The first-order chi connectivity index (χ1) is 10.7. The van der Waals surface area contributed by atoms with Gasteiger partial charge in [0, 0.05) is 17.2 Å². The maximum absolute atomic E-state index is 12.0. The second kappa shape index (κ2) is 7.09. The van der Waals surface area contributed by atoms with E-state index in [9.17, 15) is 9.90 Å². The summed E-state index contributed by atoms with van der Waals surface area (Å²) in [7, 11) is 1.83. The topological polar surface area (TPSA) is 61.8 Å². The number of halogens is 1. The van der Waals surface area contributed by atoms with E-state index in [1.165, 1.54) is 0 Å². The Balaban J connectivity index is 2.04. The van der Waals surface area contributed by atoms with Crippen LogP contribution < -0.4 is 10.2 Å². The molecule has 1 aromatic carbocycles. The van der Waals surface area contributed by atoms with Crippen LogP contribution >= 0.6 is 15.9 Å². The summed E-state index contributed by atoms with van der Waals surface area (Å²) in [6, 6.07) is 5.61. The lowest BCUT2D eigenvalue weighted by Gasteiger charge is -2.30. The zero-order chi connectivity index (χ0) is 17.2. The maximum atomic E-state index is 12.0. The zero-order valence-electron chi connectivity index (χ0n) is 14.1. The fourth-order valence-electron chi connectivity index (χ4n) is 2.59. The van der Waals surface area contributed by atoms with Crippen LogP contribution in [0.15, 0.2) is 22.7 Å². The molecule has 0 spiro atoms. The fraction of sp³-hybridized carbons (Fsp3) is 0.588. The molecular weight excluding hydrogens is 360 g/mol. The van der Waals surface area contributed by atoms with E-state index < -0.39 is 12.3 Å². The molecule has 0 saturated carbocycles. The van der Waals surface area contributed by atoms with Crippen molar-refractivity contribution in [1.82, 2.24) is 5.32 Å². The number of aliphatic hydroxyl groups is 1. The van der Waals surface area contributed by atoms with E-state index in [4.69, 9.17) is 4.74 Å². The monoisotopic (exact) mass is 384 g/mol. The number of carbonyl (C=O) groups is 1. The molecule has 1 aromatic rings. The van der Waals surface area contributed by atoms with Crippen molar-refractivity contribution >= 4 is 27.7 Å². The van der Waals surface area contributed by atoms with Crippen molar-refractivity contribution in [3.8, 4) is 0 Å². The number of fused-ring (bicyclic) bond motifs is 1. The van der Waals surface area contributed by atoms with Crippen LogP contribution in [0.5, 0.6) is 0 Å². The number of likely N-dealkylation sites (N-methyl/N-ethyl adjacent to an activating group) is 1. The third-order valence-electron chi connectivity index (χ3n) is 3.84. The molecule has 23 heavy (non-hydrogen) atoms. The van der Waals surface area contributed by atoms with E-state index in [-0.39, 0.29) is 11.5 Å². The molecule has 1 heterocycles. The van der Waals surface area contributed by atoms with Crippen LogP contribution in [0, 0.1) is 5.41 Å². The van der Waals surface area contributed by atoms with Crippen molar-refractivity contribution in [2.24, 2.45) is 5.41 Å². The minimum atomic E-state index is -0.792. The summed E-state index contributed by atoms with van der Waals surface area (Å²) in [4.78, 5) is 13.8. The van der Waals surface area contributed by atoms with E-state index in [0.29, 0.717) is 13.0 Å². The van der Waals surface area contributed by atoms with Gasteiger partial charge in [0.1, 0.15) is 6.23 Å². The van der Waals surface area contributed by atoms with Crippen LogP contribution in [-0.2, 0) is 11.2 Å². The van der Waals surface area contributed by atoms with Gasteiger partial charge in [-0.2, -0.15) is 0 Å². The lowest BCUT2D eigenvalue weighted by atomic mass is 9.99. The van der Waals surface area contributed by atoms with Crippen molar-refractivity contribution in [2.45, 2.75) is 45.9 Å². The lowest BCUT2D eigenvalue weighted by Crippen LogP contribution is -2.50. The summed E-state index contributed by atoms with van der Waals surface area (Å²) >= 11 is 3.47. The van der Waals surface area contributed by atoms with Crippen LogP contribution in [0.25, 0.3) is 0 Å². The van der Waals surface area contributed by atoms with E-state index in [0.717, 1.165) is 22.1 Å². The van der Waals surface area contributed by atoms with Gasteiger partial charge in [0.05, 0.1) is 12.6 Å². The first-order valence-corrected chi connectivity index (χ1v) is 8.59. The zero-order valence-corrected chi connectivity index (χ0v) is 15.7. The van der Waals surface area contributed by atoms with Crippen molar-refractivity contribution in [1.29, 1.82) is 0 Å². The van der Waals surface area contributed by atoms with E-state index in [2.05, 4.69) is 27.3 Å². The number of nitrogens with one attached hydrogen (secondary N) is 1. The number of anilines is 1. The molecule has 0 aromatic heterocycles. The van der Waals surface area contributed by atoms with Crippen molar-refractivity contribution in [3.63, 3.8) is 0 Å². The average Bonchev–Trinajstić information content (AvgIpc) is 2.57. The summed E-state index contributed by atoms with van der Waals surface area (Å²) in [6.45, 7) is 6.35. The number of hydrogen-bond donors (Lipinski definition) is 2. The Bertz CT molecular complexity index is 571. The number of benzene rings is 1. The van der Waals surface area contributed by atoms with Gasteiger partial charge in [-0.3, -0.25) is 0 Å². The van der Waals surface area contributed by atoms with Gasteiger partial charge in [-0.05, 0) is 42.0 Å². The number of alkyl carbamates (subject to hydrolysis) is 1. The largest absolute Gasteiger partial charge is 0.449 e. The fourth-order valence-corrected chi connectivity index (χ4v) is 3.00. The van der Waals surface area contributed by atoms with E-state index in [1.807, 2.05) is 40.0 Å². The highest BCUT2D eigenvalue weighted by atomic mass is 79.9. The Hall–Kier alpha value is -1.27. The van der Waals surface area contributed by atoms with Crippen molar-refractivity contribution in [2.75, 3.05) is 18.6 Å². The first kappa shape index (κ1) is 18.1. The van der Waals surface area contributed by atoms with E-state index in [1.54, 1.807) is 4.90 Å². The van der Waals surface area contributed by atoms with Crippen molar-refractivity contribution < 1.29 is 14.6 Å². The normalized spacial score (nSPS) is 21.4. The molecule has 0 bridgehead atoms. The Labute approximate surface area is 146 Å². The quantitative estimate of drug-likeness (QED) is 0.820. The average molecular weight is 385 g/mol. The number of aliphatic hydroxyl groups excluding tert-OH is 1. The van der Waals surface area contributed by atoms with Gasteiger partial charge in [-0.25, -0.2) is 4.79 Å². The Morgan fingerprint density at radius 1 is 1.48 bits per heavy atom. The number of nitrogens with zero attached hydrogens (tertiary/aromatic N) is 1. The number of hydrogen-bond acceptors (Lipinski definition) is 4. The van der Waals surface area contributed by atoms with E-state index >= 15 is 0 Å². The predicted octanol–water partition coefficient (Wildman–Crippen LogP) is 3.29. The van der Waals surface area contributed by atoms with Crippen LogP contribution in [0.3, 0.4) is 0 Å². The third kappa shape index (κ3) is 4.85. The van der Waals surface area contributed by atoms with Crippen molar-refractivity contribution in [3.05, 3.63) is 28.2 Å². The molecule has 2 N–H and O–H groups in total.